The van der Waals surface area contributed by atoms with E-state index in [-0.39, 0.29) is 6.10 Å². The molecular weight excluding hydrogens is 290 g/mol. The van der Waals surface area contributed by atoms with Gasteiger partial charge in [0.1, 0.15) is 6.10 Å². The van der Waals surface area contributed by atoms with Crippen LogP contribution in [0.5, 0.6) is 0 Å². The maximum Gasteiger partial charge on any atom is 0.256 e. The SMILES string of the molecule is c1cc(N2CCCCC2)ccc1-c1noc(C2CCCCO2)n1. The Hall–Kier alpha value is -1.88. The standard InChI is InChI=1S/C18H23N3O2/c1-3-11-21(12-4-1)15-9-7-14(8-10-15)17-19-18(23-20-17)16-6-2-5-13-22-16/h7-10,16H,1-6,11-13H2. The zero-order valence-corrected chi connectivity index (χ0v) is 13.4. The molecule has 3 heterocycles. The van der Waals surface area contributed by atoms with E-state index in [0.29, 0.717) is 11.7 Å². The third-order valence-corrected chi connectivity index (χ3v) is 4.74. The number of nitrogens with zero attached hydrogens (tertiary/aromatic N) is 3. The molecule has 0 aliphatic carbocycles. The molecule has 1 aromatic heterocycles. The first-order valence-corrected chi connectivity index (χ1v) is 8.71. The lowest BCUT2D eigenvalue weighted by Crippen LogP contribution is -2.29. The summed E-state index contributed by atoms with van der Waals surface area (Å²) in [5.74, 6) is 1.26. The van der Waals surface area contributed by atoms with Gasteiger partial charge in [0.15, 0.2) is 0 Å². The van der Waals surface area contributed by atoms with E-state index in [1.54, 1.807) is 0 Å². The summed E-state index contributed by atoms with van der Waals surface area (Å²) in [4.78, 5) is 6.98. The Morgan fingerprint density at radius 2 is 1.78 bits per heavy atom. The first-order valence-electron chi connectivity index (χ1n) is 8.71. The van der Waals surface area contributed by atoms with E-state index in [1.165, 1.54) is 24.9 Å². The Bertz CT molecular complexity index is 626. The van der Waals surface area contributed by atoms with Gasteiger partial charge in [-0.15, -0.1) is 0 Å². The lowest BCUT2D eigenvalue weighted by atomic mass is 10.1. The molecule has 0 amide bonds. The maximum absolute atomic E-state index is 5.71. The minimum atomic E-state index is -0.0300. The largest absolute Gasteiger partial charge is 0.372 e. The van der Waals surface area contributed by atoms with E-state index < -0.39 is 0 Å². The lowest BCUT2D eigenvalue weighted by Gasteiger charge is -2.28. The Kier molecular flexibility index (Phi) is 4.28. The molecule has 0 spiro atoms. The van der Waals surface area contributed by atoms with E-state index in [1.807, 2.05) is 0 Å². The minimum absolute atomic E-state index is 0.0300. The highest BCUT2D eigenvalue weighted by Gasteiger charge is 2.22. The van der Waals surface area contributed by atoms with Crippen molar-refractivity contribution in [3.8, 4) is 11.4 Å². The number of hydrogen-bond donors (Lipinski definition) is 0. The van der Waals surface area contributed by atoms with Gasteiger partial charge >= 0.3 is 0 Å². The average molecular weight is 313 g/mol. The number of rotatable bonds is 3. The highest BCUT2D eigenvalue weighted by atomic mass is 16.5. The summed E-state index contributed by atoms with van der Waals surface area (Å²) >= 11 is 0. The highest BCUT2D eigenvalue weighted by Crippen LogP contribution is 2.29. The van der Waals surface area contributed by atoms with Crippen molar-refractivity contribution in [1.82, 2.24) is 10.1 Å². The van der Waals surface area contributed by atoms with Crippen LogP contribution in [0.2, 0.25) is 0 Å². The van der Waals surface area contributed by atoms with Crippen LogP contribution in [0, 0.1) is 0 Å². The molecule has 5 heteroatoms. The molecule has 1 atom stereocenters. The average Bonchev–Trinajstić information content (AvgIpc) is 3.14. The zero-order valence-electron chi connectivity index (χ0n) is 13.4. The van der Waals surface area contributed by atoms with Crippen LogP contribution >= 0.6 is 0 Å². The van der Waals surface area contributed by atoms with Gasteiger partial charge in [0, 0.05) is 30.9 Å². The summed E-state index contributed by atoms with van der Waals surface area (Å²) in [6.45, 7) is 3.10. The maximum atomic E-state index is 5.71. The van der Waals surface area contributed by atoms with Gasteiger partial charge in [0.2, 0.25) is 5.82 Å². The van der Waals surface area contributed by atoms with Crippen molar-refractivity contribution in [2.75, 3.05) is 24.6 Å². The van der Waals surface area contributed by atoms with Crippen molar-refractivity contribution in [2.45, 2.75) is 44.6 Å². The molecule has 2 fully saturated rings. The normalized spacial score (nSPS) is 22.3. The van der Waals surface area contributed by atoms with E-state index in [2.05, 4.69) is 39.3 Å². The third-order valence-electron chi connectivity index (χ3n) is 4.74. The summed E-state index contributed by atoms with van der Waals surface area (Å²) in [5, 5.41) is 4.12. The monoisotopic (exact) mass is 313 g/mol. The second-order valence-electron chi connectivity index (χ2n) is 6.41. The van der Waals surface area contributed by atoms with Gasteiger partial charge in [-0.2, -0.15) is 4.98 Å². The molecule has 2 aromatic rings. The van der Waals surface area contributed by atoms with Crippen LogP contribution in [0.4, 0.5) is 5.69 Å². The van der Waals surface area contributed by atoms with Crippen LogP contribution in [0.25, 0.3) is 11.4 Å². The molecular formula is C18H23N3O2. The van der Waals surface area contributed by atoms with Crippen LogP contribution < -0.4 is 4.90 Å². The topological polar surface area (TPSA) is 51.4 Å². The Labute approximate surface area is 136 Å². The number of anilines is 1. The van der Waals surface area contributed by atoms with Gasteiger partial charge in [0.25, 0.3) is 5.89 Å². The zero-order chi connectivity index (χ0) is 15.5. The third kappa shape index (κ3) is 3.24. The molecule has 0 N–H and O–H groups in total. The lowest BCUT2D eigenvalue weighted by molar-refractivity contribution is -0.00459. The predicted octanol–water partition coefficient (Wildman–Crippen LogP) is 3.97. The molecule has 2 aliphatic rings. The van der Waals surface area contributed by atoms with Crippen molar-refractivity contribution in [1.29, 1.82) is 0 Å². The summed E-state index contributed by atoms with van der Waals surface area (Å²) in [5.41, 5.74) is 2.28. The van der Waals surface area contributed by atoms with Crippen LogP contribution in [-0.2, 0) is 4.74 Å². The van der Waals surface area contributed by atoms with Crippen LogP contribution in [0.15, 0.2) is 28.8 Å². The molecule has 23 heavy (non-hydrogen) atoms. The van der Waals surface area contributed by atoms with Crippen molar-refractivity contribution in [2.24, 2.45) is 0 Å². The fourth-order valence-corrected chi connectivity index (χ4v) is 3.39. The molecule has 2 aliphatic heterocycles. The number of aromatic nitrogens is 2. The van der Waals surface area contributed by atoms with Crippen molar-refractivity contribution in [3.63, 3.8) is 0 Å². The molecule has 4 rings (SSSR count). The van der Waals surface area contributed by atoms with Crippen LogP contribution in [0.3, 0.4) is 0 Å². The summed E-state index contributed by atoms with van der Waals surface area (Å²) in [7, 11) is 0. The van der Waals surface area contributed by atoms with Crippen molar-refractivity contribution in [3.05, 3.63) is 30.2 Å². The predicted molar refractivity (Wildman–Crippen MR) is 88.3 cm³/mol. The number of hydrogen-bond acceptors (Lipinski definition) is 5. The fraction of sp³-hybridized carbons (Fsp3) is 0.556. The Morgan fingerprint density at radius 3 is 2.52 bits per heavy atom. The molecule has 0 radical (unpaired) electrons. The van der Waals surface area contributed by atoms with E-state index >= 15 is 0 Å². The fourth-order valence-electron chi connectivity index (χ4n) is 3.39. The second kappa shape index (κ2) is 6.71. The van der Waals surface area contributed by atoms with Gasteiger partial charge in [-0.25, -0.2) is 0 Å². The number of piperidine rings is 1. The smallest absolute Gasteiger partial charge is 0.256 e. The van der Waals surface area contributed by atoms with Crippen molar-refractivity contribution >= 4 is 5.69 Å². The van der Waals surface area contributed by atoms with Gasteiger partial charge in [0.05, 0.1) is 0 Å². The van der Waals surface area contributed by atoms with Gasteiger partial charge in [-0.3, -0.25) is 0 Å². The molecule has 0 bridgehead atoms. The second-order valence-corrected chi connectivity index (χ2v) is 6.41. The molecule has 1 unspecified atom stereocenters. The minimum Gasteiger partial charge on any atom is -0.372 e. The van der Waals surface area contributed by atoms with Gasteiger partial charge in [-0.05, 0) is 62.8 Å². The number of ether oxygens (including phenoxy) is 1. The Morgan fingerprint density at radius 1 is 0.957 bits per heavy atom. The number of benzene rings is 1. The molecule has 122 valence electrons. The first kappa shape index (κ1) is 14.7. The van der Waals surface area contributed by atoms with Gasteiger partial charge < -0.3 is 14.2 Å². The van der Waals surface area contributed by atoms with Gasteiger partial charge in [-0.1, -0.05) is 5.16 Å². The van der Waals surface area contributed by atoms with Crippen molar-refractivity contribution < 1.29 is 9.26 Å². The quantitative estimate of drug-likeness (QED) is 0.858. The van der Waals surface area contributed by atoms with Crippen LogP contribution in [-0.4, -0.2) is 29.8 Å². The van der Waals surface area contributed by atoms with E-state index in [0.717, 1.165) is 44.5 Å². The molecule has 0 saturated carbocycles. The molecule has 2 saturated heterocycles. The van der Waals surface area contributed by atoms with E-state index in [4.69, 9.17) is 9.26 Å². The molecule has 1 aromatic carbocycles. The Balaban J connectivity index is 1.48. The highest BCUT2D eigenvalue weighted by molar-refractivity contribution is 5.60. The first-order chi connectivity index (χ1) is 11.4. The summed E-state index contributed by atoms with van der Waals surface area (Å²) < 4.78 is 11.1. The molecule has 5 nitrogen and oxygen atoms in total. The van der Waals surface area contributed by atoms with E-state index in [9.17, 15) is 0 Å². The van der Waals surface area contributed by atoms with Crippen LogP contribution in [0.1, 0.15) is 50.5 Å². The summed E-state index contributed by atoms with van der Waals surface area (Å²) in [6, 6.07) is 8.49. The summed E-state index contributed by atoms with van der Waals surface area (Å²) in [6.07, 6.45) is 7.15.